The largest absolute Gasteiger partial charge is 0.497 e. The van der Waals surface area contributed by atoms with Gasteiger partial charge in [-0.05, 0) is 47.2 Å². The third-order valence-electron chi connectivity index (χ3n) is 6.25. The molecular formula is C26H28FIN6O2. The molecule has 0 spiro atoms. The standard InChI is InChI=1S/C26H28FIN6O2/c1-32-15-18(13-30-32)25-14-29-23-6-5-19(11-24(23)31-25)34(8-4-7-33-16-26(27,28)17-33)20-9-21(35-2)12-22(10-20)36-3/h5-6,9-15H,4,7-8,16-17H2,1-3H3. The molecule has 0 bridgehead atoms. The van der Waals surface area contributed by atoms with Crippen molar-refractivity contribution in [2.75, 3.05) is 45.3 Å². The Morgan fingerprint density at radius 1 is 1.03 bits per heavy atom. The molecule has 188 valence electrons. The molecule has 1 saturated heterocycles. The SMILES string of the molecule is COc1cc(OC)cc(N(CCCN2CC(F)(I)C2)c2ccc3ncc(-c4cnn(C)c4)nc3c2)c1. The molecule has 8 nitrogen and oxygen atoms in total. The maximum Gasteiger partial charge on any atom is 0.186 e. The van der Waals surface area contributed by atoms with Crippen LogP contribution in [0.4, 0.5) is 15.8 Å². The summed E-state index contributed by atoms with van der Waals surface area (Å²) >= 11 is 1.89. The van der Waals surface area contributed by atoms with Crippen LogP contribution in [-0.2, 0) is 7.05 Å². The van der Waals surface area contributed by atoms with Gasteiger partial charge in [0.25, 0.3) is 0 Å². The van der Waals surface area contributed by atoms with Crippen molar-refractivity contribution < 1.29 is 13.9 Å². The Balaban J connectivity index is 1.48. The van der Waals surface area contributed by atoms with Gasteiger partial charge in [-0.3, -0.25) is 14.6 Å². The number of alkyl halides is 2. The van der Waals surface area contributed by atoms with Gasteiger partial charge < -0.3 is 14.4 Å². The van der Waals surface area contributed by atoms with Gasteiger partial charge in [-0.1, -0.05) is 0 Å². The molecule has 5 rings (SSSR count). The number of anilines is 2. The second-order valence-corrected chi connectivity index (χ2v) is 10.9. The van der Waals surface area contributed by atoms with Crippen LogP contribution in [0.25, 0.3) is 22.3 Å². The number of nitrogens with zero attached hydrogens (tertiary/aromatic N) is 6. The van der Waals surface area contributed by atoms with Gasteiger partial charge in [0.15, 0.2) is 3.68 Å². The van der Waals surface area contributed by atoms with Crippen LogP contribution in [0, 0.1) is 0 Å². The van der Waals surface area contributed by atoms with E-state index in [-0.39, 0.29) is 0 Å². The molecule has 0 atom stereocenters. The van der Waals surface area contributed by atoms with Crippen molar-refractivity contribution in [1.82, 2.24) is 24.6 Å². The monoisotopic (exact) mass is 602 g/mol. The number of halogens is 2. The molecule has 1 aliphatic rings. The Hall–Kier alpha value is -2.99. The summed E-state index contributed by atoms with van der Waals surface area (Å²) in [6.45, 7) is 2.51. The van der Waals surface area contributed by atoms with Crippen LogP contribution in [0.3, 0.4) is 0 Å². The maximum absolute atomic E-state index is 13.9. The second-order valence-electron chi connectivity index (χ2n) is 8.97. The predicted molar refractivity (Wildman–Crippen MR) is 147 cm³/mol. The van der Waals surface area contributed by atoms with Gasteiger partial charge in [-0.2, -0.15) is 5.10 Å². The van der Waals surface area contributed by atoms with Crippen LogP contribution >= 0.6 is 22.6 Å². The third-order valence-corrected chi connectivity index (χ3v) is 6.93. The number of methoxy groups -OCH3 is 2. The van der Waals surface area contributed by atoms with E-state index in [9.17, 15) is 4.39 Å². The van der Waals surface area contributed by atoms with Crippen LogP contribution in [0.5, 0.6) is 11.5 Å². The molecular weight excluding hydrogens is 574 g/mol. The fourth-order valence-electron chi connectivity index (χ4n) is 4.43. The molecule has 1 fully saturated rings. The van der Waals surface area contributed by atoms with E-state index in [1.54, 1.807) is 31.3 Å². The highest BCUT2D eigenvalue weighted by Crippen LogP contribution is 2.35. The average Bonchev–Trinajstić information content (AvgIpc) is 3.30. The number of fused-ring (bicyclic) bond motifs is 1. The molecule has 3 heterocycles. The Kier molecular flexibility index (Phi) is 6.98. The Labute approximate surface area is 223 Å². The highest BCUT2D eigenvalue weighted by molar-refractivity contribution is 14.1. The van der Waals surface area contributed by atoms with Crippen LogP contribution in [0.15, 0.2) is 55.0 Å². The molecule has 0 saturated carbocycles. The van der Waals surface area contributed by atoms with Crippen molar-refractivity contribution >= 4 is 45.0 Å². The third kappa shape index (κ3) is 5.39. The van der Waals surface area contributed by atoms with Gasteiger partial charge in [0.2, 0.25) is 0 Å². The Morgan fingerprint density at radius 3 is 2.42 bits per heavy atom. The second kappa shape index (κ2) is 10.2. The fraction of sp³-hybridized carbons (Fsp3) is 0.346. The van der Waals surface area contributed by atoms with E-state index < -0.39 is 3.68 Å². The zero-order valence-electron chi connectivity index (χ0n) is 20.5. The molecule has 0 N–H and O–H groups in total. The summed E-state index contributed by atoms with van der Waals surface area (Å²) in [4.78, 5) is 13.8. The van der Waals surface area contributed by atoms with Crippen molar-refractivity contribution in [3.8, 4) is 22.8 Å². The molecule has 2 aromatic carbocycles. The number of hydrogen-bond donors (Lipinski definition) is 0. The normalized spacial score (nSPS) is 15.0. The van der Waals surface area contributed by atoms with Crippen molar-refractivity contribution in [2.24, 2.45) is 7.05 Å². The van der Waals surface area contributed by atoms with E-state index in [4.69, 9.17) is 14.5 Å². The lowest BCUT2D eigenvalue weighted by Crippen LogP contribution is -2.55. The zero-order chi connectivity index (χ0) is 25.3. The summed E-state index contributed by atoms with van der Waals surface area (Å²) in [6.07, 6.45) is 6.35. The number of benzene rings is 2. The number of aromatic nitrogens is 4. The van der Waals surface area contributed by atoms with Crippen LogP contribution in [-0.4, -0.2) is 68.7 Å². The van der Waals surface area contributed by atoms with E-state index in [0.29, 0.717) is 24.6 Å². The Bertz CT molecular complexity index is 1350. The van der Waals surface area contributed by atoms with E-state index in [1.165, 1.54) is 0 Å². The molecule has 0 amide bonds. The van der Waals surface area contributed by atoms with E-state index >= 15 is 0 Å². The van der Waals surface area contributed by atoms with Crippen LogP contribution in [0.1, 0.15) is 6.42 Å². The smallest absolute Gasteiger partial charge is 0.186 e. The van der Waals surface area contributed by atoms with Gasteiger partial charge in [0, 0.05) is 74.6 Å². The quantitative estimate of drug-likeness (QED) is 0.198. The summed E-state index contributed by atoms with van der Waals surface area (Å²) in [5.74, 6) is 1.42. The first kappa shape index (κ1) is 24.7. The van der Waals surface area contributed by atoms with Crippen molar-refractivity contribution in [3.05, 3.63) is 55.0 Å². The van der Waals surface area contributed by atoms with Gasteiger partial charge in [-0.15, -0.1) is 0 Å². The predicted octanol–water partition coefficient (Wildman–Crippen LogP) is 4.99. The first-order chi connectivity index (χ1) is 17.3. The lowest BCUT2D eigenvalue weighted by atomic mass is 10.1. The molecule has 36 heavy (non-hydrogen) atoms. The van der Waals surface area contributed by atoms with E-state index in [0.717, 1.165) is 53.2 Å². The Morgan fingerprint density at radius 2 is 1.78 bits per heavy atom. The van der Waals surface area contributed by atoms with Gasteiger partial charge >= 0.3 is 0 Å². The number of likely N-dealkylation sites (tertiary alicyclic amines) is 1. The summed E-state index contributed by atoms with van der Waals surface area (Å²) in [7, 11) is 5.17. The number of rotatable bonds is 9. The number of aryl methyl sites for hydroxylation is 1. The average molecular weight is 602 g/mol. The molecule has 4 aromatic rings. The van der Waals surface area contributed by atoms with Gasteiger partial charge in [-0.25, -0.2) is 9.37 Å². The first-order valence-corrected chi connectivity index (χ1v) is 12.8. The molecule has 0 radical (unpaired) electrons. The topological polar surface area (TPSA) is 68.5 Å². The van der Waals surface area contributed by atoms with Crippen LogP contribution < -0.4 is 14.4 Å². The fourth-order valence-corrected chi connectivity index (χ4v) is 5.40. The molecule has 0 unspecified atom stereocenters. The summed E-state index contributed by atoms with van der Waals surface area (Å²) < 4.78 is 25.6. The van der Waals surface area contributed by atoms with Crippen molar-refractivity contribution in [1.29, 1.82) is 0 Å². The summed E-state index contributed by atoms with van der Waals surface area (Å²) in [6, 6.07) is 11.9. The van der Waals surface area contributed by atoms with E-state index in [2.05, 4.69) is 25.9 Å². The minimum Gasteiger partial charge on any atom is -0.497 e. The summed E-state index contributed by atoms with van der Waals surface area (Å²) in [5, 5.41) is 4.25. The molecule has 1 aliphatic heterocycles. The van der Waals surface area contributed by atoms with Crippen molar-refractivity contribution in [2.45, 2.75) is 10.1 Å². The number of ether oxygens (including phenoxy) is 2. The van der Waals surface area contributed by atoms with Gasteiger partial charge in [0.05, 0.1) is 43.3 Å². The molecule has 0 aliphatic carbocycles. The maximum atomic E-state index is 13.9. The lowest BCUT2D eigenvalue weighted by Gasteiger charge is -2.41. The van der Waals surface area contributed by atoms with Gasteiger partial charge in [0.1, 0.15) is 11.5 Å². The number of hydrogen-bond acceptors (Lipinski definition) is 7. The first-order valence-electron chi connectivity index (χ1n) is 11.7. The highest BCUT2D eigenvalue weighted by Gasteiger charge is 2.40. The lowest BCUT2D eigenvalue weighted by molar-refractivity contribution is 0.0523. The minimum absolute atomic E-state index is 0.475. The van der Waals surface area contributed by atoms with Crippen molar-refractivity contribution in [3.63, 3.8) is 0 Å². The minimum atomic E-state index is -1.10. The van der Waals surface area contributed by atoms with Crippen LogP contribution in [0.2, 0.25) is 0 Å². The summed E-state index contributed by atoms with van der Waals surface area (Å²) in [5.41, 5.74) is 5.22. The highest BCUT2D eigenvalue weighted by atomic mass is 127. The molecule has 2 aromatic heterocycles. The van der Waals surface area contributed by atoms with E-state index in [1.807, 2.05) is 66.2 Å². The zero-order valence-corrected chi connectivity index (χ0v) is 22.6. The molecule has 10 heteroatoms.